The molecule has 2 aromatic carbocycles. The first-order valence-electron chi connectivity index (χ1n) is 9.92. The van der Waals surface area contributed by atoms with E-state index in [9.17, 15) is 17.6 Å². The second-order valence-electron chi connectivity index (χ2n) is 7.45. The Bertz CT molecular complexity index is 1170. The summed E-state index contributed by atoms with van der Waals surface area (Å²) in [6.45, 7) is 2.46. The summed E-state index contributed by atoms with van der Waals surface area (Å²) < 4.78 is 39.9. The molecule has 1 amide bonds. The second kappa shape index (κ2) is 8.86. The highest BCUT2D eigenvalue weighted by Crippen LogP contribution is 2.26. The quantitative estimate of drug-likeness (QED) is 0.617. The molecule has 1 aliphatic rings. The molecule has 162 valence electrons. The minimum Gasteiger partial charge on any atom is -0.326 e. The number of benzene rings is 2. The molecule has 0 radical (unpaired) electrons. The Morgan fingerprint density at radius 2 is 1.74 bits per heavy atom. The predicted octanol–water partition coefficient (Wildman–Crippen LogP) is 4.30. The van der Waals surface area contributed by atoms with E-state index in [1.807, 2.05) is 36.6 Å². The number of rotatable bonds is 5. The SMILES string of the molecule is Cc1nc(-c2ccc(NC(=O)C3CCN(S(=O)(=O)c4ccc(F)cc4)CC3)cc2)cs1. The van der Waals surface area contributed by atoms with Gasteiger partial charge in [-0.1, -0.05) is 12.1 Å². The fourth-order valence-electron chi connectivity index (χ4n) is 3.58. The molecule has 0 bridgehead atoms. The first kappa shape index (κ1) is 21.6. The molecule has 0 saturated carbocycles. The highest BCUT2D eigenvalue weighted by molar-refractivity contribution is 7.89. The predicted molar refractivity (Wildman–Crippen MR) is 119 cm³/mol. The fraction of sp³-hybridized carbons (Fsp3) is 0.273. The van der Waals surface area contributed by atoms with Crippen molar-refractivity contribution in [2.24, 2.45) is 5.92 Å². The van der Waals surface area contributed by atoms with Gasteiger partial charge in [0.25, 0.3) is 0 Å². The molecule has 6 nitrogen and oxygen atoms in total. The highest BCUT2D eigenvalue weighted by atomic mass is 32.2. The Morgan fingerprint density at radius 3 is 2.32 bits per heavy atom. The van der Waals surface area contributed by atoms with Gasteiger partial charge in [0.1, 0.15) is 5.82 Å². The van der Waals surface area contributed by atoms with Gasteiger partial charge < -0.3 is 5.32 Å². The Balaban J connectivity index is 1.34. The van der Waals surface area contributed by atoms with E-state index < -0.39 is 15.8 Å². The molecule has 1 aromatic heterocycles. The summed E-state index contributed by atoms with van der Waals surface area (Å²) in [5, 5.41) is 5.92. The van der Waals surface area contributed by atoms with Gasteiger partial charge in [-0.2, -0.15) is 4.31 Å². The number of amides is 1. The molecule has 0 atom stereocenters. The molecule has 31 heavy (non-hydrogen) atoms. The number of sulfonamides is 1. The molecular formula is C22H22FN3O3S2. The van der Waals surface area contributed by atoms with E-state index in [-0.39, 0.29) is 29.8 Å². The van der Waals surface area contributed by atoms with E-state index in [4.69, 9.17) is 0 Å². The number of nitrogens with one attached hydrogen (secondary N) is 1. The zero-order chi connectivity index (χ0) is 22.0. The number of carbonyl (C=O) groups excluding carboxylic acids is 1. The molecule has 1 saturated heterocycles. The zero-order valence-electron chi connectivity index (χ0n) is 16.9. The van der Waals surface area contributed by atoms with E-state index in [0.717, 1.165) is 28.4 Å². The van der Waals surface area contributed by atoms with Crippen LogP contribution in [0.5, 0.6) is 0 Å². The lowest BCUT2D eigenvalue weighted by atomic mass is 9.97. The summed E-state index contributed by atoms with van der Waals surface area (Å²) >= 11 is 1.59. The van der Waals surface area contributed by atoms with Gasteiger partial charge in [0.05, 0.1) is 15.6 Å². The lowest BCUT2D eigenvalue weighted by molar-refractivity contribution is -0.120. The average Bonchev–Trinajstić information content (AvgIpc) is 3.21. The smallest absolute Gasteiger partial charge is 0.243 e. The summed E-state index contributed by atoms with van der Waals surface area (Å²) in [5.41, 5.74) is 2.60. The molecule has 1 aliphatic heterocycles. The third kappa shape index (κ3) is 4.84. The fourth-order valence-corrected chi connectivity index (χ4v) is 5.67. The van der Waals surface area contributed by atoms with Crippen molar-refractivity contribution in [3.8, 4) is 11.3 Å². The molecule has 4 rings (SSSR count). The number of aryl methyl sites for hydroxylation is 1. The first-order valence-corrected chi connectivity index (χ1v) is 12.2. The molecule has 9 heteroatoms. The van der Waals surface area contributed by atoms with Gasteiger partial charge in [0, 0.05) is 35.6 Å². The van der Waals surface area contributed by atoms with E-state index in [1.54, 1.807) is 11.3 Å². The van der Waals surface area contributed by atoms with Gasteiger partial charge in [-0.25, -0.2) is 17.8 Å². The number of hydrogen-bond acceptors (Lipinski definition) is 5. The van der Waals surface area contributed by atoms with Gasteiger partial charge in [-0.15, -0.1) is 11.3 Å². The lowest BCUT2D eigenvalue weighted by Crippen LogP contribution is -2.41. The van der Waals surface area contributed by atoms with Crippen molar-refractivity contribution in [2.75, 3.05) is 18.4 Å². The van der Waals surface area contributed by atoms with Crippen molar-refractivity contribution >= 4 is 33.0 Å². The van der Waals surface area contributed by atoms with E-state index in [2.05, 4.69) is 10.3 Å². The topological polar surface area (TPSA) is 79.4 Å². The van der Waals surface area contributed by atoms with Crippen LogP contribution in [-0.4, -0.2) is 36.7 Å². The van der Waals surface area contributed by atoms with Gasteiger partial charge >= 0.3 is 0 Å². The maximum absolute atomic E-state index is 13.1. The summed E-state index contributed by atoms with van der Waals surface area (Å²) in [7, 11) is -3.69. The molecular weight excluding hydrogens is 437 g/mol. The molecule has 1 fully saturated rings. The molecule has 1 N–H and O–H groups in total. The number of piperidine rings is 1. The van der Waals surface area contributed by atoms with Crippen LogP contribution in [0.3, 0.4) is 0 Å². The second-order valence-corrected chi connectivity index (χ2v) is 10.5. The highest BCUT2D eigenvalue weighted by Gasteiger charge is 2.32. The molecule has 0 spiro atoms. The Labute approximate surface area is 184 Å². The largest absolute Gasteiger partial charge is 0.326 e. The minimum atomic E-state index is -3.69. The van der Waals surface area contributed by atoms with Gasteiger partial charge in [-0.05, 0) is 56.2 Å². The third-order valence-corrected chi connectivity index (χ3v) is 8.03. The van der Waals surface area contributed by atoms with Crippen molar-refractivity contribution in [1.82, 2.24) is 9.29 Å². The number of nitrogens with zero attached hydrogens (tertiary/aromatic N) is 2. The van der Waals surface area contributed by atoms with Gasteiger partial charge in [-0.3, -0.25) is 4.79 Å². The minimum absolute atomic E-state index is 0.0622. The van der Waals surface area contributed by atoms with Gasteiger partial charge in [0.15, 0.2) is 0 Å². The summed E-state index contributed by atoms with van der Waals surface area (Å²) in [5.74, 6) is -0.860. The third-order valence-electron chi connectivity index (χ3n) is 5.34. The molecule has 0 aliphatic carbocycles. The van der Waals surface area contributed by atoms with Crippen molar-refractivity contribution in [3.63, 3.8) is 0 Å². The maximum atomic E-state index is 13.1. The van der Waals surface area contributed by atoms with Crippen LogP contribution in [0, 0.1) is 18.7 Å². The van der Waals surface area contributed by atoms with Crippen molar-refractivity contribution < 1.29 is 17.6 Å². The summed E-state index contributed by atoms with van der Waals surface area (Å²) in [6, 6.07) is 12.3. The van der Waals surface area contributed by atoms with Crippen molar-refractivity contribution in [3.05, 3.63) is 64.7 Å². The number of thiazole rings is 1. The maximum Gasteiger partial charge on any atom is 0.243 e. The van der Waals surface area contributed by atoms with Crippen molar-refractivity contribution in [2.45, 2.75) is 24.7 Å². The number of anilines is 1. The van der Waals surface area contributed by atoms with E-state index in [0.29, 0.717) is 18.5 Å². The molecule has 0 unspecified atom stereocenters. The van der Waals surface area contributed by atoms with Gasteiger partial charge in [0.2, 0.25) is 15.9 Å². The van der Waals surface area contributed by atoms with Crippen LogP contribution in [0.25, 0.3) is 11.3 Å². The van der Waals surface area contributed by atoms with E-state index >= 15 is 0 Å². The Kier molecular flexibility index (Phi) is 6.17. The number of carbonyl (C=O) groups is 1. The normalized spacial score (nSPS) is 15.7. The van der Waals surface area contributed by atoms with Crippen LogP contribution in [0.15, 0.2) is 58.8 Å². The van der Waals surface area contributed by atoms with Crippen LogP contribution in [-0.2, 0) is 14.8 Å². The number of aromatic nitrogens is 1. The summed E-state index contributed by atoms with van der Waals surface area (Å²) in [6.07, 6.45) is 0.866. The summed E-state index contributed by atoms with van der Waals surface area (Å²) in [4.78, 5) is 17.2. The van der Waals surface area contributed by atoms with Crippen LogP contribution < -0.4 is 5.32 Å². The van der Waals surface area contributed by atoms with Crippen LogP contribution >= 0.6 is 11.3 Å². The van der Waals surface area contributed by atoms with Crippen molar-refractivity contribution in [1.29, 1.82) is 0 Å². The molecule has 2 heterocycles. The Hall–Kier alpha value is -2.62. The average molecular weight is 460 g/mol. The Morgan fingerprint density at radius 1 is 1.10 bits per heavy atom. The first-order chi connectivity index (χ1) is 14.8. The molecule has 3 aromatic rings. The van der Waals surface area contributed by atoms with Crippen LogP contribution in [0.4, 0.5) is 10.1 Å². The standard InChI is InChI=1S/C22H22FN3O3S2/c1-15-24-21(14-30-15)16-2-6-19(7-3-16)25-22(27)17-10-12-26(13-11-17)31(28,29)20-8-4-18(23)5-9-20/h2-9,14,17H,10-13H2,1H3,(H,25,27). The number of halogens is 1. The number of hydrogen-bond donors (Lipinski definition) is 1. The zero-order valence-corrected chi connectivity index (χ0v) is 18.5. The lowest BCUT2D eigenvalue weighted by Gasteiger charge is -2.30. The van der Waals surface area contributed by atoms with E-state index in [1.165, 1.54) is 16.4 Å². The van der Waals surface area contributed by atoms with Crippen LogP contribution in [0.1, 0.15) is 17.8 Å². The monoisotopic (exact) mass is 459 g/mol. The van der Waals surface area contributed by atoms with Crippen LogP contribution in [0.2, 0.25) is 0 Å².